The first kappa shape index (κ1) is 29.0. The predicted molar refractivity (Wildman–Crippen MR) is 149 cm³/mol. The molecule has 0 heterocycles. The zero-order valence-corrected chi connectivity index (χ0v) is 23.4. The van der Waals surface area contributed by atoms with Crippen LogP contribution in [0.3, 0.4) is 0 Å². The molecule has 0 aliphatic carbocycles. The maximum Gasteiger partial charge on any atom is 0.264 e. The summed E-state index contributed by atoms with van der Waals surface area (Å²) in [5, 5.41) is 3.22. The largest absolute Gasteiger partial charge is 0.497 e. The summed E-state index contributed by atoms with van der Waals surface area (Å²) >= 11 is 5.97. The van der Waals surface area contributed by atoms with Gasteiger partial charge in [-0.15, -0.1) is 0 Å². The van der Waals surface area contributed by atoms with Gasteiger partial charge in [-0.3, -0.25) is 13.9 Å². The van der Waals surface area contributed by atoms with Crippen molar-refractivity contribution in [2.45, 2.75) is 44.3 Å². The topological polar surface area (TPSA) is 96.0 Å². The molecule has 0 saturated heterocycles. The monoisotopic (exact) mass is 557 g/mol. The summed E-state index contributed by atoms with van der Waals surface area (Å²) in [7, 11) is -2.58. The van der Waals surface area contributed by atoms with Gasteiger partial charge in [-0.05, 0) is 74.9 Å². The van der Waals surface area contributed by atoms with E-state index in [1.807, 2.05) is 13.8 Å². The Kier molecular flexibility index (Phi) is 9.77. The summed E-state index contributed by atoms with van der Waals surface area (Å²) in [5.41, 5.74) is 1.08. The molecule has 0 unspecified atom stereocenters. The molecule has 0 saturated carbocycles. The number of hydrogen-bond acceptors (Lipinski definition) is 5. The molecule has 2 amide bonds. The fourth-order valence-electron chi connectivity index (χ4n) is 3.77. The highest BCUT2D eigenvalue weighted by molar-refractivity contribution is 7.92. The van der Waals surface area contributed by atoms with E-state index in [1.165, 1.54) is 29.2 Å². The number of carbonyl (C=O) groups excluding carboxylic acids is 2. The van der Waals surface area contributed by atoms with Gasteiger partial charge in [-0.25, -0.2) is 8.42 Å². The van der Waals surface area contributed by atoms with Crippen LogP contribution in [0.2, 0.25) is 5.02 Å². The van der Waals surface area contributed by atoms with Crippen molar-refractivity contribution in [1.29, 1.82) is 0 Å². The molecule has 8 nitrogen and oxygen atoms in total. The zero-order chi connectivity index (χ0) is 27.9. The smallest absolute Gasteiger partial charge is 0.264 e. The van der Waals surface area contributed by atoms with Crippen LogP contribution in [-0.4, -0.2) is 50.9 Å². The zero-order valence-electron chi connectivity index (χ0n) is 21.8. The van der Waals surface area contributed by atoms with Gasteiger partial charge >= 0.3 is 0 Å². The van der Waals surface area contributed by atoms with Crippen LogP contribution in [0.15, 0.2) is 83.8 Å². The van der Waals surface area contributed by atoms with Gasteiger partial charge < -0.3 is 15.0 Å². The Balaban J connectivity index is 1.99. The molecule has 38 heavy (non-hydrogen) atoms. The van der Waals surface area contributed by atoms with Crippen molar-refractivity contribution < 1.29 is 22.7 Å². The minimum atomic E-state index is -4.14. The van der Waals surface area contributed by atoms with Gasteiger partial charge in [0.2, 0.25) is 11.8 Å². The van der Waals surface area contributed by atoms with E-state index in [0.717, 1.165) is 9.87 Å². The number of ether oxygens (including phenoxy) is 1. The minimum absolute atomic E-state index is 0.00847. The minimum Gasteiger partial charge on any atom is -0.497 e. The van der Waals surface area contributed by atoms with E-state index < -0.39 is 28.5 Å². The Hall–Kier alpha value is -3.56. The summed E-state index contributed by atoms with van der Waals surface area (Å²) in [6.45, 7) is 4.87. The number of hydrogen-bond donors (Lipinski definition) is 1. The summed E-state index contributed by atoms with van der Waals surface area (Å²) in [5.74, 6) is -0.219. The van der Waals surface area contributed by atoms with Crippen LogP contribution in [-0.2, 0) is 26.2 Å². The normalized spacial score (nSPS) is 12.1. The summed E-state index contributed by atoms with van der Waals surface area (Å²) < 4.78 is 33.7. The van der Waals surface area contributed by atoms with Gasteiger partial charge in [0.25, 0.3) is 10.0 Å². The summed E-state index contributed by atoms with van der Waals surface area (Å²) in [4.78, 5) is 28.1. The number of amides is 2. The van der Waals surface area contributed by atoms with Crippen LogP contribution in [0.1, 0.15) is 26.3 Å². The van der Waals surface area contributed by atoms with Gasteiger partial charge in [0.15, 0.2) is 0 Å². The van der Waals surface area contributed by atoms with Gasteiger partial charge in [0.1, 0.15) is 18.3 Å². The first-order valence-electron chi connectivity index (χ1n) is 12.1. The Labute approximate surface area is 229 Å². The van der Waals surface area contributed by atoms with E-state index >= 15 is 0 Å². The number of anilines is 1. The number of nitrogens with zero attached hydrogens (tertiary/aromatic N) is 2. The quantitative estimate of drug-likeness (QED) is 0.375. The molecule has 1 atom stereocenters. The molecule has 202 valence electrons. The average Bonchev–Trinajstić information content (AvgIpc) is 2.90. The van der Waals surface area contributed by atoms with Crippen molar-refractivity contribution in [2.24, 2.45) is 0 Å². The van der Waals surface area contributed by atoms with E-state index in [-0.39, 0.29) is 23.4 Å². The molecular formula is C28H32ClN3O5S. The maximum atomic E-state index is 13.8. The molecule has 10 heteroatoms. The molecule has 1 N–H and O–H groups in total. The van der Waals surface area contributed by atoms with Crippen LogP contribution in [0.25, 0.3) is 0 Å². The van der Waals surface area contributed by atoms with E-state index in [0.29, 0.717) is 16.5 Å². The Morgan fingerprint density at radius 3 is 2.08 bits per heavy atom. The van der Waals surface area contributed by atoms with E-state index in [9.17, 15) is 18.0 Å². The molecule has 3 aromatic carbocycles. The van der Waals surface area contributed by atoms with Gasteiger partial charge in [0.05, 0.1) is 17.7 Å². The van der Waals surface area contributed by atoms with Crippen molar-refractivity contribution in [3.05, 3.63) is 89.4 Å². The van der Waals surface area contributed by atoms with Gasteiger partial charge in [0, 0.05) is 17.6 Å². The van der Waals surface area contributed by atoms with Gasteiger partial charge in [-0.2, -0.15) is 0 Å². The lowest BCUT2D eigenvalue weighted by molar-refractivity contribution is -0.139. The number of methoxy groups -OCH3 is 1. The maximum absolute atomic E-state index is 13.8. The molecule has 0 aliphatic rings. The third-order valence-corrected chi connectivity index (χ3v) is 7.87. The molecule has 3 rings (SSSR count). The number of benzene rings is 3. The number of nitrogens with one attached hydrogen (secondary N) is 1. The van der Waals surface area contributed by atoms with Crippen LogP contribution < -0.4 is 14.4 Å². The van der Waals surface area contributed by atoms with Gasteiger partial charge in [-0.1, -0.05) is 41.9 Å². The second-order valence-electron chi connectivity index (χ2n) is 9.01. The number of halogens is 1. The molecule has 0 bridgehead atoms. The van der Waals surface area contributed by atoms with Crippen molar-refractivity contribution in [3.63, 3.8) is 0 Å². The van der Waals surface area contributed by atoms with Crippen LogP contribution in [0.4, 0.5) is 5.69 Å². The van der Waals surface area contributed by atoms with Crippen molar-refractivity contribution in [3.8, 4) is 5.75 Å². The Morgan fingerprint density at radius 1 is 0.921 bits per heavy atom. The summed E-state index contributed by atoms with van der Waals surface area (Å²) in [6, 6.07) is 20.2. The van der Waals surface area contributed by atoms with Crippen LogP contribution >= 0.6 is 11.6 Å². The highest BCUT2D eigenvalue weighted by atomic mass is 35.5. The van der Waals surface area contributed by atoms with E-state index in [1.54, 1.807) is 68.6 Å². The van der Waals surface area contributed by atoms with Crippen LogP contribution in [0.5, 0.6) is 5.75 Å². The number of para-hydroxylation sites is 1. The number of rotatable bonds is 11. The fourth-order valence-corrected chi connectivity index (χ4v) is 5.31. The lowest BCUT2D eigenvalue weighted by atomic mass is 10.1. The first-order valence-corrected chi connectivity index (χ1v) is 13.9. The van der Waals surface area contributed by atoms with Crippen molar-refractivity contribution in [2.75, 3.05) is 18.0 Å². The third-order valence-electron chi connectivity index (χ3n) is 5.83. The average molecular weight is 558 g/mol. The summed E-state index contributed by atoms with van der Waals surface area (Å²) in [6.07, 6.45) is 0. The van der Waals surface area contributed by atoms with Crippen molar-refractivity contribution >= 4 is 39.1 Å². The standard InChI is InChI=1S/C28H32ClN3O5S/c1-20(2)30-28(34)21(3)31(18-22-10-14-25(37-4)15-11-22)27(33)19-32(24-8-6-5-7-9-24)38(35,36)26-16-12-23(29)13-17-26/h5-17,20-21H,18-19H2,1-4H3,(H,30,34)/t21-/m0/s1. The highest BCUT2D eigenvalue weighted by Crippen LogP contribution is 2.25. The SMILES string of the molecule is COc1ccc(CN(C(=O)CN(c2ccccc2)S(=O)(=O)c2ccc(Cl)cc2)[C@@H](C)C(=O)NC(C)C)cc1. The molecule has 0 aromatic heterocycles. The Morgan fingerprint density at radius 2 is 1.53 bits per heavy atom. The fraction of sp³-hybridized carbons (Fsp3) is 0.286. The van der Waals surface area contributed by atoms with E-state index in [2.05, 4.69) is 5.32 Å². The predicted octanol–water partition coefficient (Wildman–Crippen LogP) is 4.49. The highest BCUT2D eigenvalue weighted by Gasteiger charge is 2.32. The lowest BCUT2D eigenvalue weighted by Gasteiger charge is -2.32. The Bertz CT molecular complexity index is 1330. The molecular weight excluding hydrogens is 526 g/mol. The number of sulfonamides is 1. The molecule has 3 aromatic rings. The lowest BCUT2D eigenvalue weighted by Crippen LogP contribution is -2.52. The van der Waals surface area contributed by atoms with Crippen LogP contribution in [0, 0.1) is 0 Å². The molecule has 0 fully saturated rings. The van der Waals surface area contributed by atoms with E-state index in [4.69, 9.17) is 16.3 Å². The molecule has 0 radical (unpaired) electrons. The number of carbonyl (C=O) groups is 2. The third kappa shape index (κ3) is 7.26. The second-order valence-corrected chi connectivity index (χ2v) is 11.3. The second kappa shape index (κ2) is 12.8. The molecule has 0 aliphatic heterocycles. The van der Waals surface area contributed by atoms with Crippen molar-refractivity contribution in [1.82, 2.24) is 10.2 Å². The molecule has 0 spiro atoms. The first-order chi connectivity index (χ1) is 18.0.